The largest absolute Gasteiger partial charge is 0.480 e. The number of fused-ring (bicyclic) bond motifs is 4. The Hall–Kier alpha value is -3.55. The number of aryl methyl sites for hydroxylation is 1. The molecule has 0 aliphatic heterocycles. The van der Waals surface area contributed by atoms with E-state index in [4.69, 9.17) is 4.42 Å². The summed E-state index contributed by atoms with van der Waals surface area (Å²) >= 11 is 0. The first-order chi connectivity index (χ1) is 17.3. The zero-order valence-corrected chi connectivity index (χ0v) is 20.1. The second kappa shape index (κ2) is 9.84. The first kappa shape index (κ1) is 24.2. The fourth-order valence-electron chi connectivity index (χ4n) is 4.59. The maximum absolute atomic E-state index is 12.3. The topological polar surface area (TPSA) is 133 Å². The van der Waals surface area contributed by atoms with Crippen LogP contribution in [0.1, 0.15) is 17.5 Å². The van der Waals surface area contributed by atoms with Crippen LogP contribution in [0, 0.1) is 0 Å². The Balaban J connectivity index is 1.36. The number of para-hydroxylation sites is 2. The molecule has 2 heterocycles. The number of carbonyl (C=O) groups is 1. The molecule has 0 saturated heterocycles. The van der Waals surface area contributed by atoms with Crippen molar-refractivity contribution in [2.24, 2.45) is 0 Å². The van der Waals surface area contributed by atoms with Gasteiger partial charge in [-0.1, -0.05) is 54.6 Å². The predicted molar refractivity (Wildman–Crippen MR) is 138 cm³/mol. The van der Waals surface area contributed by atoms with Crippen LogP contribution in [0.3, 0.4) is 0 Å². The zero-order valence-electron chi connectivity index (χ0n) is 19.2. The Morgan fingerprint density at radius 2 is 1.75 bits per heavy atom. The maximum Gasteiger partial charge on any atom is 0.342 e. The molecule has 3 aromatic carbocycles. The Morgan fingerprint density at radius 3 is 2.56 bits per heavy atom. The minimum absolute atomic E-state index is 0.0364. The van der Waals surface area contributed by atoms with Crippen molar-refractivity contribution in [3.63, 3.8) is 0 Å². The number of nitrogens with one attached hydrogen (secondary N) is 1. The third-order valence-corrected chi connectivity index (χ3v) is 7.60. The minimum atomic E-state index is -4.64. The molecular formula is C27H25N2O6P. The number of hydrogen-bond donors (Lipinski definition) is 4. The van der Waals surface area contributed by atoms with E-state index in [1.807, 2.05) is 66.7 Å². The van der Waals surface area contributed by atoms with Crippen LogP contribution in [-0.4, -0.2) is 37.7 Å². The van der Waals surface area contributed by atoms with Crippen molar-refractivity contribution in [1.82, 2.24) is 10.3 Å². The van der Waals surface area contributed by atoms with Gasteiger partial charge in [0.05, 0.1) is 5.52 Å². The van der Waals surface area contributed by atoms with Gasteiger partial charge < -0.3 is 19.3 Å². The van der Waals surface area contributed by atoms with Gasteiger partial charge in [0.1, 0.15) is 23.0 Å². The van der Waals surface area contributed by atoms with Gasteiger partial charge in [-0.2, -0.15) is 0 Å². The molecule has 5 rings (SSSR count). The molecule has 0 aliphatic carbocycles. The van der Waals surface area contributed by atoms with Gasteiger partial charge in [0.2, 0.25) is 0 Å². The summed E-state index contributed by atoms with van der Waals surface area (Å²) in [5, 5.41) is 15.4. The lowest BCUT2D eigenvalue weighted by molar-refractivity contribution is -0.139. The molecule has 0 aliphatic rings. The highest BCUT2D eigenvalue weighted by Crippen LogP contribution is 2.42. The zero-order chi connectivity index (χ0) is 25.3. The van der Waals surface area contributed by atoms with E-state index >= 15 is 0 Å². The number of aliphatic carboxylic acids is 1. The normalized spacial score (nSPS) is 13.8. The quantitative estimate of drug-likeness (QED) is 0.209. The monoisotopic (exact) mass is 504 g/mol. The highest BCUT2D eigenvalue weighted by molar-refractivity contribution is 7.52. The van der Waals surface area contributed by atoms with Crippen molar-refractivity contribution in [2.75, 3.05) is 0 Å². The van der Waals surface area contributed by atoms with Gasteiger partial charge in [0, 0.05) is 22.4 Å². The molecule has 0 amide bonds. The molecule has 2 aromatic heterocycles. The molecule has 4 N–H and O–H groups in total. The summed E-state index contributed by atoms with van der Waals surface area (Å²) < 4.78 is 18.2. The molecular weight excluding hydrogens is 479 g/mol. The van der Waals surface area contributed by atoms with Gasteiger partial charge in [-0.05, 0) is 48.6 Å². The summed E-state index contributed by atoms with van der Waals surface area (Å²) in [4.78, 5) is 36.5. The lowest BCUT2D eigenvalue weighted by Crippen LogP contribution is -2.44. The van der Waals surface area contributed by atoms with E-state index in [0.717, 1.165) is 32.8 Å². The molecule has 0 bridgehead atoms. The summed E-state index contributed by atoms with van der Waals surface area (Å²) in [5.41, 5.74) is 3.66. The number of carboxylic acids is 1. The highest BCUT2D eigenvalue weighted by Gasteiger charge is 2.33. The third-order valence-electron chi connectivity index (χ3n) is 6.38. The average molecular weight is 504 g/mol. The molecule has 8 nitrogen and oxygen atoms in total. The standard InChI is InChI=1S/C27H25N2O6P/c30-27(31)22(15-17-10-12-21-20-8-1-2-9-23(20)35-24(21)16-17)29-25(36(32,33)34)13-11-19-6-3-5-18-7-4-14-28-26(18)19/h1-10,12,14,16,22,25,29H,11,13,15H2,(H,30,31)(H2,32,33,34)/t22-,25?/m0/s1. The Morgan fingerprint density at radius 1 is 0.972 bits per heavy atom. The molecule has 9 heteroatoms. The molecule has 0 saturated carbocycles. The van der Waals surface area contributed by atoms with E-state index in [9.17, 15) is 24.3 Å². The number of furan rings is 1. The van der Waals surface area contributed by atoms with Crippen LogP contribution >= 0.6 is 7.60 Å². The summed E-state index contributed by atoms with van der Waals surface area (Å²) in [6, 6.07) is 21.3. The van der Waals surface area contributed by atoms with Crippen LogP contribution < -0.4 is 5.32 Å². The average Bonchev–Trinajstić information content (AvgIpc) is 3.22. The summed E-state index contributed by atoms with van der Waals surface area (Å²) in [7, 11) is -4.64. The van der Waals surface area contributed by atoms with Gasteiger partial charge in [0.25, 0.3) is 0 Å². The molecule has 5 aromatic rings. The number of carboxylic acid groups (broad SMARTS) is 1. The Labute approximate surface area is 206 Å². The van der Waals surface area contributed by atoms with Crippen LogP contribution in [0.4, 0.5) is 0 Å². The van der Waals surface area contributed by atoms with Crippen molar-refractivity contribution in [3.8, 4) is 0 Å². The van der Waals surface area contributed by atoms with Crippen LogP contribution in [0.15, 0.2) is 83.4 Å². The number of rotatable bonds is 9. The Kier molecular flexibility index (Phi) is 6.60. The van der Waals surface area contributed by atoms with Gasteiger partial charge >= 0.3 is 13.6 Å². The number of benzene rings is 3. The highest BCUT2D eigenvalue weighted by atomic mass is 31.2. The maximum atomic E-state index is 12.3. The predicted octanol–water partition coefficient (Wildman–Crippen LogP) is 4.86. The summed E-state index contributed by atoms with van der Waals surface area (Å²) in [6.45, 7) is 0. The first-order valence-electron chi connectivity index (χ1n) is 11.6. The summed E-state index contributed by atoms with van der Waals surface area (Å²) in [5.74, 6) is -2.52. The number of pyridine rings is 1. The van der Waals surface area contributed by atoms with Crippen molar-refractivity contribution in [1.29, 1.82) is 0 Å². The number of aromatic nitrogens is 1. The van der Waals surface area contributed by atoms with E-state index in [1.165, 1.54) is 0 Å². The minimum Gasteiger partial charge on any atom is -0.480 e. The van der Waals surface area contributed by atoms with Gasteiger partial charge in [-0.15, -0.1) is 0 Å². The lowest BCUT2D eigenvalue weighted by atomic mass is 10.0. The van der Waals surface area contributed by atoms with E-state index in [0.29, 0.717) is 17.6 Å². The summed E-state index contributed by atoms with van der Waals surface area (Å²) in [6.07, 6.45) is 2.08. The fourth-order valence-corrected chi connectivity index (χ4v) is 5.43. The fraction of sp³-hybridized carbons (Fsp3) is 0.185. The van der Waals surface area contributed by atoms with Gasteiger partial charge in [-0.3, -0.25) is 19.7 Å². The third kappa shape index (κ3) is 5.03. The number of nitrogens with zero attached hydrogens (tertiary/aromatic N) is 1. The Bertz CT molecular complexity index is 1600. The SMILES string of the molecule is O=C(O)[C@H](Cc1ccc2c(c1)oc1ccccc12)NC(CCc1cccc2cccnc12)P(=O)(O)O. The molecule has 1 unspecified atom stereocenters. The van der Waals surface area contributed by atoms with Crippen LogP contribution in [-0.2, 0) is 22.2 Å². The van der Waals surface area contributed by atoms with E-state index in [1.54, 1.807) is 12.3 Å². The van der Waals surface area contributed by atoms with Crippen LogP contribution in [0.5, 0.6) is 0 Å². The van der Waals surface area contributed by atoms with E-state index in [-0.39, 0.29) is 12.8 Å². The van der Waals surface area contributed by atoms with E-state index in [2.05, 4.69) is 10.3 Å². The lowest BCUT2D eigenvalue weighted by Gasteiger charge is -2.24. The smallest absolute Gasteiger partial charge is 0.342 e. The van der Waals surface area contributed by atoms with Crippen molar-refractivity contribution in [3.05, 3.63) is 90.1 Å². The van der Waals surface area contributed by atoms with Crippen molar-refractivity contribution in [2.45, 2.75) is 31.1 Å². The van der Waals surface area contributed by atoms with Crippen molar-refractivity contribution < 1.29 is 28.7 Å². The van der Waals surface area contributed by atoms with Gasteiger partial charge in [-0.25, -0.2) is 0 Å². The van der Waals surface area contributed by atoms with Crippen molar-refractivity contribution >= 4 is 46.4 Å². The van der Waals surface area contributed by atoms with Gasteiger partial charge in [0.15, 0.2) is 0 Å². The second-order valence-corrected chi connectivity index (χ2v) is 10.6. The number of hydrogen-bond acceptors (Lipinski definition) is 5. The second-order valence-electron chi connectivity index (χ2n) is 8.83. The molecule has 0 fully saturated rings. The molecule has 2 atom stereocenters. The molecule has 0 radical (unpaired) electrons. The molecule has 184 valence electrons. The van der Waals surface area contributed by atoms with E-state index < -0.39 is 25.4 Å². The molecule has 0 spiro atoms. The first-order valence-corrected chi connectivity index (χ1v) is 13.2. The van der Waals surface area contributed by atoms with Crippen LogP contribution in [0.2, 0.25) is 0 Å². The van der Waals surface area contributed by atoms with Crippen LogP contribution in [0.25, 0.3) is 32.8 Å². The molecule has 36 heavy (non-hydrogen) atoms.